The molecule has 4 nitrogen and oxygen atoms in total. The summed E-state index contributed by atoms with van der Waals surface area (Å²) in [6.45, 7) is 5.80. The molecule has 104 valence electrons. The lowest BCUT2D eigenvalue weighted by Crippen LogP contribution is -2.31. The Morgan fingerprint density at radius 2 is 2.16 bits per heavy atom. The Bertz CT molecular complexity index is 579. The molecule has 0 spiro atoms. The fourth-order valence-corrected chi connectivity index (χ4v) is 3.11. The maximum absolute atomic E-state index is 11.2. The summed E-state index contributed by atoms with van der Waals surface area (Å²) in [4.78, 5) is 4.66. The Kier molecular flexibility index (Phi) is 4.71. The van der Waals surface area contributed by atoms with E-state index in [0.29, 0.717) is 12.3 Å². The van der Waals surface area contributed by atoms with Crippen molar-refractivity contribution in [3.05, 3.63) is 30.1 Å². The van der Waals surface area contributed by atoms with E-state index in [9.17, 15) is 4.21 Å². The van der Waals surface area contributed by atoms with Crippen LogP contribution in [0.3, 0.4) is 0 Å². The van der Waals surface area contributed by atoms with Gasteiger partial charge in [-0.3, -0.25) is 4.21 Å². The molecule has 2 unspecified atom stereocenters. The number of nitrogens with zero attached hydrogens (tertiary/aromatic N) is 2. The van der Waals surface area contributed by atoms with E-state index in [2.05, 4.69) is 34.8 Å². The standard InChI is InChI=1S/C14H21N3OS/c1-4-17-13-8-6-5-7-12(13)16-14(17)9-15-11(2)10-19(3)18/h5-8,11,15H,4,9-10H2,1-3H3. The SMILES string of the molecule is CCn1c(CNC(C)CS(C)=O)nc2ccccc21. The van der Waals surface area contributed by atoms with E-state index < -0.39 is 10.8 Å². The molecule has 0 aliphatic carbocycles. The van der Waals surface area contributed by atoms with Crippen LogP contribution in [0.15, 0.2) is 24.3 Å². The topological polar surface area (TPSA) is 46.9 Å². The van der Waals surface area contributed by atoms with Crippen LogP contribution in [-0.4, -0.2) is 31.8 Å². The van der Waals surface area contributed by atoms with Crippen molar-refractivity contribution in [1.82, 2.24) is 14.9 Å². The van der Waals surface area contributed by atoms with E-state index in [-0.39, 0.29) is 6.04 Å². The molecule has 2 atom stereocenters. The highest BCUT2D eigenvalue weighted by atomic mass is 32.2. The van der Waals surface area contributed by atoms with Gasteiger partial charge in [-0.1, -0.05) is 12.1 Å². The Labute approximate surface area is 116 Å². The first-order chi connectivity index (χ1) is 9.11. The van der Waals surface area contributed by atoms with Crippen molar-refractivity contribution in [1.29, 1.82) is 0 Å². The molecule has 0 amide bonds. The molecular formula is C14H21N3OS. The van der Waals surface area contributed by atoms with Gasteiger partial charge in [0.15, 0.2) is 0 Å². The predicted octanol–water partition coefficient (Wildman–Crippen LogP) is 1.91. The Hall–Kier alpha value is -1.20. The highest BCUT2D eigenvalue weighted by Crippen LogP contribution is 2.15. The lowest BCUT2D eigenvalue weighted by molar-refractivity contribution is 0.555. The molecule has 1 heterocycles. The van der Waals surface area contributed by atoms with Gasteiger partial charge in [0.1, 0.15) is 5.82 Å². The summed E-state index contributed by atoms with van der Waals surface area (Å²) in [5.74, 6) is 1.71. The molecule has 0 radical (unpaired) electrons. The molecule has 0 saturated heterocycles. The van der Waals surface area contributed by atoms with Crippen molar-refractivity contribution >= 4 is 21.8 Å². The molecule has 2 rings (SSSR count). The van der Waals surface area contributed by atoms with Crippen LogP contribution in [0, 0.1) is 0 Å². The van der Waals surface area contributed by atoms with Crippen LogP contribution in [0.1, 0.15) is 19.7 Å². The van der Waals surface area contributed by atoms with Gasteiger partial charge >= 0.3 is 0 Å². The smallest absolute Gasteiger partial charge is 0.123 e. The summed E-state index contributed by atoms with van der Waals surface area (Å²) in [5, 5.41) is 3.39. The van der Waals surface area contributed by atoms with Gasteiger partial charge in [-0.2, -0.15) is 0 Å². The summed E-state index contributed by atoms with van der Waals surface area (Å²) in [6.07, 6.45) is 1.74. The third kappa shape index (κ3) is 3.42. The number of hydrogen-bond donors (Lipinski definition) is 1. The number of rotatable bonds is 6. The van der Waals surface area contributed by atoms with Crippen LogP contribution in [-0.2, 0) is 23.9 Å². The summed E-state index contributed by atoms with van der Waals surface area (Å²) >= 11 is 0. The number of nitrogens with one attached hydrogen (secondary N) is 1. The van der Waals surface area contributed by atoms with Gasteiger partial charge in [0, 0.05) is 35.4 Å². The summed E-state index contributed by atoms with van der Waals surface area (Å²) in [5.41, 5.74) is 2.21. The van der Waals surface area contributed by atoms with Crippen molar-refractivity contribution in [3.63, 3.8) is 0 Å². The Balaban J connectivity index is 2.14. The second kappa shape index (κ2) is 6.30. The van der Waals surface area contributed by atoms with Gasteiger partial charge < -0.3 is 9.88 Å². The van der Waals surface area contributed by atoms with Crippen molar-refractivity contribution in [2.45, 2.75) is 33.0 Å². The van der Waals surface area contributed by atoms with Crippen LogP contribution in [0.5, 0.6) is 0 Å². The first-order valence-electron chi connectivity index (χ1n) is 6.59. The van der Waals surface area contributed by atoms with Crippen molar-refractivity contribution in [3.8, 4) is 0 Å². The summed E-state index contributed by atoms with van der Waals surface area (Å²) in [6, 6.07) is 8.41. The highest BCUT2D eigenvalue weighted by molar-refractivity contribution is 7.84. The minimum Gasteiger partial charge on any atom is -0.327 e. The molecule has 0 bridgehead atoms. The maximum atomic E-state index is 11.2. The van der Waals surface area contributed by atoms with Crippen LogP contribution in [0.2, 0.25) is 0 Å². The molecule has 0 fully saturated rings. The molecule has 1 aromatic carbocycles. The van der Waals surface area contributed by atoms with Crippen LogP contribution < -0.4 is 5.32 Å². The fraction of sp³-hybridized carbons (Fsp3) is 0.500. The minimum absolute atomic E-state index is 0.232. The van der Waals surface area contributed by atoms with Crippen molar-refractivity contribution < 1.29 is 4.21 Å². The number of hydrogen-bond acceptors (Lipinski definition) is 3. The molecule has 1 N–H and O–H groups in total. The number of imidazole rings is 1. The fourth-order valence-electron chi connectivity index (χ4n) is 2.29. The molecule has 2 aromatic rings. The van der Waals surface area contributed by atoms with Gasteiger partial charge in [-0.05, 0) is 26.0 Å². The average molecular weight is 279 g/mol. The maximum Gasteiger partial charge on any atom is 0.123 e. The van der Waals surface area contributed by atoms with E-state index in [0.717, 1.165) is 17.9 Å². The third-order valence-electron chi connectivity index (χ3n) is 3.14. The zero-order valence-corrected chi connectivity index (χ0v) is 12.5. The second-order valence-electron chi connectivity index (χ2n) is 4.78. The summed E-state index contributed by atoms with van der Waals surface area (Å²) in [7, 11) is -0.765. The molecule has 0 aliphatic rings. The van der Waals surface area contributed by atoms with Gasteiger partial charge in [0.2, 0.25) is 0 Å². The van der Waals surface area contributed by atoms with E-state index in [1.54, 1.807) is 6.26 Å². The van der Waals surface area contributed by atoms with E-state index in [4.69, 9.17) is 0 Å². The van der Waals surface area contributed by atoms with Crippen LogP contribution in [0.25, 0.3) is 11.0 Å². The first kappa shape index (κ1) is 14.2. The third-order valence-corrected chi connectivity index (χ3v) is 4.11. The van der Waals surface area contributed by atoms with Gasteiger partial charge in [0.05, 0.1) is 17.6 Å². The minimum atomic E-state index is -0.765. The number of fused-ring (bicyclic) bond motifs is 1. The lowest BCUT2D eigenvalue weighted by atomic mass is 10.3. The van der Waals surface area contributed by atoms with Gasteiger partial charge in [0.25, 0.3) is 0 Å². The lowest BCUT2D eigenvalue weighted by Gasteiger charge is -2.12. The van der Waals surface area contributed by atoms with Crippen LogP contribution in [0.4, 0.5) is 0 Å². The van der Waals surface area contributed by atoms with E-state index in [1.165, 1.54) is 5.52 Å². The second-order valence-corrected chi connectivity index (χ2v) is 6.26. The monoisotopic (exact) mass is 279 g/mol. The number of aryl methyl sites for hydroxylation is 1. The molecule has 0 aliphatic heterocycles. The number of para-hydroxylation sites is 2. The van der Waals surface area contributed by atoms with Crippen molar-refractivity contribution in [2.75, 3.05) is 12.0 Å². The first-order valence-corrected chi connectivity index (χ1v) is 8.32. The van der Waals surface area contributed by atoms with E-state index >= 15 is 0 Å². The number of benzene rings is 1. The molecule has 0 saturated carbocycles. The van der Waals surface area contributed by atoms with E-state index in [1.807, 2.05) is 18.2 Å². The van der Waals surface area contributed by atoms with Crippen molar-refractivity contribution in [2.24, 2.45) is 0 Å². The zero-order chi connectivity index (χ0) is 13.8. The Morgan fingerprint density at radius 3 is 2.84 bits per heavy atom. The average Bonchev–Trinajstić information content (AvgIpc) is 2.73. The van der Waals surface area contributed by atoms with Gasteiger partial charge in [-0.15, -0.1) is 0 Å². The highest BCUT2D eigenvalue weighted by Gasteiger charge is 2.10. The molecular weight excluding hydrogens is 258 g/mol. The normalized spacial score (nSPS) is 14.7. The van der Waals surface area contributed by atoms with Crippen LogP contribution >= 0.6 is 0 Å². The quantitative estimate of drug-likeness (QED) is 0.878. The Morgan fingerprint density at radius 1 is 1.42 bits per heavy atom. The summed E-state index contributed by atoms with van der Waals surface area (Å²) < 4.78 is 13.4. The zero-order valence-electron chi connectivity index (χ0n) is 11.7. The number of aromatic nitrogens is 2. The largest absolute Gasteiger partial charge is 0.327 e. The molecule has 5 heteroatoms. The molecule has 1 aromatic heterocycles. The molecule has 19 heavy (non-hydrogen) atoms. The van der Waals surface area contributed by atoms with Gasteiger partial charge in [-0.25, -0.2) is 4.98 Å². The predicted molar refractivity (Wildman–Crippen MR) is 80.6 cm³/mol.